The summed E-state index contributed by atoms with van der Waals surface area (Å²) in [4.78, 5) is 0. The van der Waals surface area contributed by atoms with Crippen LogP contribution in [0, 0.1) is 10.8 Å². The van der Waals surface area contributed by atoms with Gasteiger partial charge < -0.3 is 9.47 Å². The van der Waals surface area contributed by atoms with E-state index in [1.165, 1.54) is 27.9 Å². The molecule has 1 unspecified atom stereocenters. The smallest absolute Gasteiger partial charge is 0.381 e. The molecular formula is C18H28F6O2. The first-order valence-electron chi connectivity index (χ1n) is 8.96. The minimum absolute atomic E-state index is 0.165. The van der Waals surface area contributed by atoms with Gasteiger partial charge in [-0.25, -0.2) is 0 Å². The molecule has 2 saturated carbocycles. The summed E-state index contributed by atoms with van der Waals surface area (Å²) < 4.78 is 95.1. The average Bonchev–Trinajstić information content (AvgIpc) is 3.00. The quantitative estimate of drug-likeness (QED) is 0.533. The third-order valence-electron chi connectivity index (χ3n) is 6.24. The van der Waals surface area contributed by atoms with E-state index in [4.69, 9.17) is 9.47 Å². The van der Waals surface area contributed by atoms with Gasteiger partial charge in [-0.15, -0.1) is 0 Å². The number of halogens is 6. The maximum atomic E-state index is 14.1. The summed E-state index contributed by atoms with van der Waals surface area (Å²) in [6, 6.07) is 0. The highest BCUT2D eigenvalue weighted by Gasteiger charge is 2.84. The molecule has 0 aromatic rings. The molecule has 2 nitrogen and oxygen atoms in total. The largest absolute Gasteiger partial charge is 0.427 e. The zero-order valence-electron chi connectivity index (χ0n) is 15.9. The van der Waals surface area contributed by atoms with Crippen molar-refractivity contribution in [2.45, 2.75) is 95.9 Å². The van der Waals surface area contributed by atoms with E-state index in [0.717, 1.165) is 0 Å². The topological polar surface area (TPSA) is 18.5 Å². The normalized spacial score (nSPS) is 31.5. The van der Waals surface area contributed by atoms with E-state index in [1.54, 1.807) is 0 Å². The van der Waals surface area contributed by atoms with Gasteiger partial charge in [0.1, 0.15) is 0 Å². The molecule has 8 heteroatoms. The molecule has 26 heavy (non-hydrogen) atoms. The molecule has 0 N–H and O–H groups in total. The first-order chi connectivity index (χ1) is 11.6. The average molecular weight is 390 g/mol. The van der Waals surface area contributed by atoms with Gasteiger partial charge in [-0.2, -0.15) is 26.3 Å². The Kier molecular flexibility index (Phi) is 5.25. The van der Waals surface area contributed by atoms with Gasteiger partial charge in [-0.05, 0) is 64.7 Å². The van der Waals surface area contributed by atoms with Gasteiger partial charge >= 0.3 is 12.4 Å². The van der Waals surface area contributed by atoms with Gasteiger partial charge in [0, 0.05) is 12.5 Å². The fraction of sp³-hybridized carbons (Fsp3) is 1.00. The fourth-order valence-corrected chi connectivity index (χ4v) is 5.46. The molecule has 154 valence electrons. The van der Waals surface area contributed by atoms with Crippen LogP contribution in [0.25, 0.3) is 0 Å². The predicted octanol–water partition coefficient (Wildman–Crippen LogP) is 6.04. The van der Waals surface area contributed by atoms with Gasteiger partial charge in [0.05, 0.1) is 11.7 Å². The van der Waals surface area contributed by atoms with Crippen molar-refractivity contribution in [3.63, 3.8) is 0 Å². The number of hydrogen-bond donors (Lipinski definition) is 0. The lowest BCUT2D eigenvalue weighted by atomic mass is 9.67. The summed E-state index contributed by atoms with van der Waals surface area (Å²) in [5, 5.41) is 0. The molecule has 0 amide bonds. The van der Waals surface area contributed by atoms with E-state index >= 15 is 0 Å². The van der Waals surface area contributed by atoms with Crippen molar-refractivity contribution in [1.29, 1.82) is 0 Å². The van der Waals surface area contributed by atoms with Crippen LogP contribution in [0.15, 0.2) is 0 Å². The molecule has 2 bridgehead atoms. The van der Waals surface area contributed by atoms with Crippen molar-refractivity contribution in [1.82, 2.24) is 0 Å². The summed E-state index contributed by atoms with van der Waals surface area (Å²) >= 11 is 0. The standard InChI is InChI=1S/C18H28F6O2/c1-6-12(25-5)14-7-9-15(11-14,10-8-14)16(17(19,20)21,18(22,23)24)26-13(2,3)4/h12H,6-11H2,1-5H3. The van der Waals surface area contributed by atoms with Crippen molar-refractivity contribution in [3.8, 4) is 0 Å². The zero-order valence-corrected chi connectivity index (χ0v) is 15.9. The van der Waals surface area contributed by atoms with Crippen LogP contribution in [0.5, 0.6) is 0 Å². The number of hydrogen-bond acceptors (Lipinski definition) is 2. The van der Waals surface area contributed by atoms with Crippen LogP contribution in [0.4, 0.5) is 26.3 Å². The number of fused-ring (bicyclic) bond motifs is 2. The number of rotatable bonds is 5. The predicted molar refractivity (Wildman–Crippen MR) is 84.7 cm³/mol. The van der Waals surface area contributed by atoms with Crippen LogP contribution in [-0.4, -0.2) is 36.8 Å². The van der Waals surface area contributed by atoms with E-state index in [9.17, 15) is 26.3 Å². The third kappa shape index (κ3) is 3.05. The molecule has 0 heterocycles. The minimum atomic E-state index is -5.56. The van der Waals surface area contributed by atoms with E-state index in [2.05, 4.69) is 0 Å². The molecule has 2 fully saturated rings. The maximum absolute atomic E-state index is 14.1. The molecule has 0 spiro atoms. The Labute approximate surface area is 150 Å². The Balaban J connectivity index is 2.61. The van der Waals surface area contributed by atoms with Crippen LogP contribution in [-0.2, 0) is 9.47 Å². The molecule has 2 rings (SSSR count). The molecule has 0 aromatic carbocycles. The van der Waals surface area contributed by atoms with Gasteiger partial charge in [0.15, 0.2) is 0 Å². The molecular weight excluding hydrogens is 362 g/mol. The minimum Gasteiger partial charge on any atom is -0.381 e. The second kappa shape index (κ2) is 6.26. The Morgan fingerprint density at radius 3 is 1.65 bits per heavy atom. The van der Waals surface area contributed by atoms with Crippen LogP contribution >= 0.6 is 0 Å². The lowest BCUT2D eigenvalue weighted by molar-refractivity contribution is -0.432. The monoisotopic (exact) mass is 390 g/mol. The molecule has 2 aliphatic carbocycles. The lowest BCUT2D eigenvalue weighted by Crippen LogP contribution is -2.69. The highest BCUT2D eigenvalue weighted by molar-refractivity contribution is 5.20. The van der Waals surface area contributed by atoms with Crippen molar-refractivity contribution in [2.24, 2.45) is 10.8 Å². The highest BCUT2D eigenvalue weighted by atomic mass is 19.4. The number of alkyl halides is 6. The van der Waals surface area contributed by atoms with Crippen LogP contribution in [0.1, 0.15) is 66.2 Å². The summed E-state index contributed by atoms with van der Waals surface area (Å²) in [5.74, 6) is 0. The third-order valence-corrected chi connectivity index (χ3v) is 6.24. The van der Waals surface area contributed by atoms with Gasteiger partial charge in [0.25, 0.3) is 5.60 Å². The Bertz CT molecular complexity index is 491. The SMILES string of the molecule is CCC(OC)C12CCC(C(OC(C)(C)C)(C(F)(F)F)C(F)(F)F)(CC1)C2. The fourth-order valence-electron chi connectivity index (χ4n) is 5.46. The Morgan fingerprint density at radius 2 is 1.35 bits per heavy atom. The summed E-state index contributed by atoms with van der Waals surface area (Å²) in [5.41, 5.74) is -8.43. The summed E-state index contributed by atoms with van der Waals surface area (Å²) in [6.45, 7) is 5.54. The molecule has 1 atom stereocenters. The van der Waals surface area contributed by atoms with Gasteiger partial charge in [-0.3, -0.25) is 0 Å². The maximum Gasteiger partial charge on any atom is 0.427 e. The van der Waals surface area contributed by atoms with E-state index < -0.39 is 34.4 Å². The van der Waals surface area contributed by atoms with Crippen molar-refractivity contribution < 1.29 is 35.8 Å². The van der Waals surface area contributed by atoms with Gasteiger partial charge in [0.2, 0.25) is 0 Å². The molecule has 2 aliphatic rings. The molecule has 0 saturated heterocycles. The lowest BCUT2D eigenvalue weighted by Gasteiger charge is -2.51. The van der Waals surface area contributed by atoms with Crippen LogP contribution in [0.3, 0.4) is 0 Å². The van der Waals surface area contributed by atoms with Crippen LogP contribution < -0.4 is 0 Å². The number of methoxy groups -OCH3 is 1. The molecule has 0 aliphatic heterocycles. The van der Waals surface area contributed by atoms with Crippen molar-refractivity contribution >= 4 is 0 Å². The molecule has 0 radical (unpaired) electrons. The first kappa shape index (κ1) is 21.8. The van der Waals surface area contributed by atoms with E-state index in [-0.39, 0.29) is 25.4 Å². The Hall–Kier alpha value is -0.500. The number of ether oxygens (including phenoxy) is 2. The van der Waals surface area contributed by atoms with Gasteiger partial charge in [-0.1, -0.05) is 6.92 Å². The zero-order chi connectivity index (χ0) is 20.2. The second-order valence-electron chi connectivity index (χ2n) is 8.84. The van der Waals surface area contributed by atoms with Crippen molar-refractivity contribution in [2.75, 3.05) is 7.11 Å². The highest BCUT2D eigenvalue weighted by Crippen LogP contribution is 2.73. The second-order valence-corrected chi connectivity index (χ2v) is 8.84. The summed E-state index contributed by atoms with van der Waals surface area (Å²) in [7, 11) is 1.47. The van der Waals surface area contributed by atoms with E-state index in [1.807, 2.05) is 6.92 Å². The molecule has 0 aromatic heterocycles. The Morgan fingerprint density at radius 1 is 0.885 bits per heavy atom. The van der Waals surface area contributed by atoms with E-state index in [0.29, 0.717) is 19.3 Å². The van der Waals surface area contributed by atoms with Crippen LogP contribution in [0.2, 0.25) is 0 Å². The first-order valence-corrected chi connectivity index (χ1v) is 8.96. The summed E-state index contributed by atoms with van der Waals surface area (Å²) in [6.07, 6.45) is -10.8. The van der Waals surface area contributed by atoms with Crippen molar-refractivity contribution in [3.05, 3.63) is 0 Å².